The number of hydrogen-bond acceptors (Lipinski definition) is 9. The van der Waals surface area contributed by atoms with Gasteiger partial charge in [0.25, 0.3) is 0 Å². The Hall–Kier alpha value is -3.71. The minimum atomic E-state index is -2.27. The predicted octanol–water partition coefficient (Wildman–Crippen LogP) is 0.101. The number of anilines is 1. The number of aliphatic carboxylic acids is 2. The van der Waals surface area contributed by atoms with Gasteiger partial charge in [-0.3, -0.25) is 4.79 Å². The van der Waals surface area contributed by atoms with Crippen LogP contribution in [0.1, 0.15) is 24.2 Å². The number of benzene rings is 2. The molecule has 2 aromatic carbocycles. The molecule has 0 aliphatic rings. The van der Waals surface area contributed by atoms with E-state index in [0.29, 0.717) is 18.5 Å². The fraction of sp³-hybridized carbons (Fsp3) is 0.348. The predicted molar refractivity (Wildman–Crippen MR) is 124 cm³/mol. The normalized spacial score (nSPS) is 13.9. The SMILES string of the molecule is COc1ccc(CC(C)NCC(O)c2ccc(O)c(NC=O)c2)cc1.O=C(O)C(O)C(O)C(=O)O. The van der Waals surface area contributed by atoms with E-state index in [0.717, 1.165) is 12.2 Å². The number of phenolic OH excluding ortho intramolecular Hbond substituents is 1. The maximum Gasteiger partial charge on any atom is 0.335 e. The second kappa shape index (κ2) is 14.5. The molecular weight excluding hydrogens is 464 g/mol. The first-order valence-electron chi connectivity index (χ1n) is 10.4. The number of ether oxygens (including phenoxy) is 1. The molecule has 1 amide bonds. The van der Waals surface area contributed by atoms with Crippen LogP contribution in [0.25, 0.3) is 0 Å². The van der Waals surface area contributed by atoms with Crippen LogP contribution in [0.15, 0.2) is 42.5 Å². The fourth-order valence-corrected chi connectivity index (χ4v) is 2.83. The van der Waals surface area contributed by atoms with Crippen molar-refractivity contribution in [3.63, 3.8) is 0 Å². The summed E-state index contributed by atoms with van der Waals surface area (Å²) in [4.78, 5) is 30.1. The minimum absolute atomic E-state index is 0.0381. The number of phenols is 1. The van der Waals surface area contributed by atoms with E-state index in [1.54, 1.807) is 19.2 Å². The number of carbonyl (C=O) groups excluding carboxylic acids is 1. The molecule has 0 aliphatic heterocycles. The van der Waals surface area contributed by atoms with Gasteiger partial charge in [0.2, 0.25) is 6.41 Å². The molecule has 192 valence electrons. The zero-order chi connectivity index (χ0) is 26.5. The van der Waals surface area contributed by atoms with Crippen LogP contribution in [0.4, 0.5) is 5.69 Å². The summed E-state index contributed by atoms with van der Waals surface area (Å²) in [6.07, 6.45) is -3.97. The Morgan fingerprint density at radius 2 is 1.57 bits per heavy atom. The number of carboxylic acids is 2. The van der Waals surface area contributed by atoms with Gasteiger partial charge in [0.1, 0.15) is 11.5 Å². The number of aliphatic hydroxyl groups excluding tert-OH is 3. The first kappa shape index (κ1) is 29.3. The average Bonchev–Trinajstić information content (AvgIpc) is 2.83. The zero-order valence-corrected chi connectivity index (χ0v) is 19.2. The molecule has 4 atom stereocenters. The summed E-state index contributed by atoms with van der Waals surface area (Å²) < 4.78 is 5.14. The number of carboxylic acid groups (broad SMARTS) is 2. The summed E-state index contributed by atoms with van der Waals surface area (Å²) in [5.74, 6) is -2.75. The van der Waals surface area contributed by atoms with E-state index in [2.05, 4.69) is 10.6 Å². The molecule has 2 rings (SSSR count). The molecule has 12 nitrogen and oxygen atoms in total. The van der Waals surface area contributed by atoms with Crippen molar-refractivity contribution >= 4 is 24.0 Å². The third-order valence-corrected chi connectivity index (χ3v) is 4.79. The molecule has 0 aromatic heterocycles. The Balaban J connectivity index is 0.000000518. The van der Waals surface area contributed by atoms with Crippen molar-refractivity contribution in [1.29, 1.82) is 0 Å². The molecule has 2 aromatic rings. The quantitative estimate of drug-likeness (QED) is 0.147. The lowest BCUT2D eigenvalue weighted by Crippen LogP contribution is -2.39. The topological polar surface area (TPSA) is 206 Å². The van der Waals surface area contributed by atoms with E-state index >= 15 is 0 Å². The number of aliphatic hydroxyl groups is 3. The van der Waals surface area contributed by atoms with Crippen LogP contribution < -0.4 is 15.4 Å². The molecular formula is C23H30N2O10. The van der Waals surface area contributed by atoms with Gasteiger partial charge in [-0.1, -0.05) is 18.2 Å². The summed E-state index contributed by atoms with van der Waals surface area (Å²) in [5.41, 5.74) is 2.07. The number of methoxy groups -OCH3 is 1. The van der Waals surface area contributed by atoms with Crippen molar-refractivity contribution in [2.45, 2.75) is 37.7 Å². The van der Waals surface area contributed by atoms with Gasteiger partial charge in [0.15, 0.2) is 12.2 Å². The maximum atomic E-state index is 10.5. The Bertz CT molecular complexity index is 949. The van der Waals surface area contributed by atoms with Crippen molar-refractivity contribution in [3.8, 4) is 11.5 Å². The highest BCUT2D eigenvalue weighted by molar-refractivity contribution is 5.83. The van der Waals surface area contributed by atoms with E-state index in [4.69, 9.17) is 25.2 Å². The summed E-state index contributed by atoms with van der Waals surface area (Å²) in [7, 11) is 1.64. The molecule has 35 heavy (non-hydrogen) atoms. The highest BCUT2D eigenvalue weighted by Gasteiger charge is 2.29. The van der Waals surface area contributed by atoms with E-state index in [1.807, 2.05) is 31.2 Å². The Kier molecular flexibility index (Phi) is 12.2. The molecule has 0 spiro atoms. The summed E-state index contributed by atoms with van der Waals surface area (Å²) in [6.45, 7) is 2.41. The third-order valence-electron chi connectivity index (χ3n) is 4.79. The second-order valence-corrected chi connectivity index (χ2v) is 7.48. The number of rotatable bonds is 12. The number of hydrogen-bond donors (Lipinski definition) is 8. The number of carbonyl (C=O) groups is 3. The van der Waals surface area contributed by atoms with E-state index in [9.17, 15) is 24.6 Å². The van der Waals surface area contributed by atoms with Crippen molar-refractivity contribution in [1.82, 2.24) is 5.32 Å². The lowest BCUT2D eigenvalue weighted by atomic mass is 10.1. The minimum Gasteiger partial charge on any atom is -0.506 e. The van der Waals surface area contributed by atoms with Crippen molar-refractivity contribution < 1.29 is 49.8 Å². The highest BCUT2D eigenvalue weighted by atomic mass is 16.5. The Labute approximate surface area is 201 Å². The van der Waals surface area contributed by atoms with Crippen LogP contribution in [0.5, 0.6) is 11.5 Å². The summed E-state index contributed by atoms with van der Waals surface area (Å²) in [6, 6.07) is 12.7. The number of aromatic hydroxyl groups is 1. The summed E-state index contributed by atoms with van der Waals surface area (Å²) in [5, 5.41) is 58.2. The van der Waals surface area contributed by atoms with Gasteiger partial charge in [-0.15, -0.1) is 0 Å². The van der Waals surface area contributed by atoms with Crippen molar-refractivity contribution in [3.05, 3.63) is 53.6 Å². The second-order valence-electron chi connectivity index (χ2n) is 7.48. The van der Waals surface area contributed by atoms with Crippen LogP contribution in [-0.4, -0.2) is 80.9 Å². The van der Waals surface area contributed by atoms with Gasteiger partial charge in [-0.25, -0.2) is 9.59 Å². The number of amides is 1. The van der Waals surface area contributed by atoms with Gasteiger partial charge in [-0.2, -0.15) is 0 Å². The smallest absolute Gasteiger partial charge is 0.335 e. The van der Waals surface area contributed by atoms with E-state index < -0.39 is 30.3 Å². The molecule has 0 saturated carbocycles. The van der Waals surface area contributed by atoms with Crippen LogP contribution in [0.3, 0.4) is 0 Å². The molecule has 0 bridgehead atoms. The van der Waals surface area contributed by atoms with Crippen LogP contribution in [-0.2, 0) is 20.8 Å². The molecule has 0 aliphatic carbocycles. The maximum absolute atomic E-state index is 10.5. The van der Waals surface area contributed by atoms with Gasteiger partial charge < -0.3 is 46.0 Å². The van der Waals surface area contributed by atoms with Gasteiger partial charge >= 0.3 is 11.9 Å². The van der Waals surface area contributed by atoms with Crippen molar-refractivity contribution in [2.75, 3.05) is 19.0 Å². The Morgan fingerprint density at radius 1 is 1.00 bits per heavy atom. The van der Waals surface area contributed by atoms with Crippen molar-refractivity contribution in [2.24, 2.45) is 0 Å². The fourth-order valence-electron chi connectivity index (χ4n) is 2.83. The third kappa shape index (κ3) is 9.98. The van der Waals surface area contributed by atoms with Crippen LogP contribution in [0, 0.1) is 0 Å². The van der Waals surface area contributed by atoms with Gasteiger partial charge in [0, 0.05) is 12.6 Å². The van der Waals surface area contributed by atoms with Gasteiger partial charge in [0.05, 0.1) is 18.9 Å². The summed E-state index contributed by atoms with van der Waals surface area (Å²) >= 11 is 0. The zero-order valence-electron chi connectivity index (χ0n) is 19.2. The standard InChI is InChI=1S/C19H24N2O4.C4H6O6/c1-13(9-14-3-6-16(25-2)7-4-14)20-11-19(24)15-5-8-18(23)17(10-15)21-12-22;5-1(3(7)8)2(6)4(9)10/h3-8,10,12-13,19-20,23-24H,9,11H2,1-2H3,(H,21,22);1-2,5-6H,(H,7,8)(H,9,10). The molecule has 0 fully saturated rings. The highest BCUT2D eigenvalue weighted by Crippen LogP contribution is 2.26. The monoisotopic (exact) mass is 494 g/mol. The van der Waals surface area contributed by atoms with Crippen LogP contribution >= 0.6 is 0 Å². The molecule has 4 unspecified atom stereocenters. The first-order chi connectivity index (χ1) is 16.5. The number of nitrogens with one attached hydrogen (secondary N) is 2. The lowest BCUT2D eigenvalue weighted by molar-refractivity contribution is -0.165. The molecule has 8 N–H and O–H groups in total. The largest absolute Gasteiger partial charge is 0.506 e. The lowest BCUT2D eigenvalue weighted by Gasteiger charge is -2.18. The van der Waals surface area contributed by atoms with Crippen LogP contribution in [0.2, 0.25) is 0 Å². The first-order valence-corrected chi connectivity index (χ1v) is 10.4. The van der Waals surface area contributed by atoms with E-state index in [-0.39, 0.29) is 17.5 Å². The average molecular weight is 494 g/mol. The molecule has 0 saturated heterocycles. The molecule has 0 radical (unpaired) electrons. The molecule has 0 heterocycles. The van der Waals surface area contributed by atoms with E-state index in [1.165, 1.54) is 11.6 Å². The molecule has 12 heteroatoms. The van der Waals surface area contributed by atoms with Gasteiger partial charge in [-0.05, 0) is 48.7 Å². The Morgan fingerprint density at radius 3 is 2.06 bits per heavy atom.